The van der Waals surface area contributed by atoms with Crippen molar-refractivity contribution in [2.75, 3.05) is 0 Å². The molecule has 4 nitrogen and oxygen atoms in total. The van der Waals surface area contributed by atoms with Crippen LogP contribution in [0.2, 0.25) is 0 Å². The summed E-state index contributed by atoms with van der Waals surface area (Å²) in [6, 6.07) is 0.299. The van der Waals surface area contributed by atoms with E-state index in [0.29, 0.717) is 31.1 Å². The van der Waals surface area contributed by atoms with E-state index in [2.05, 4.69) is 4.74 Å². The third kappa shape index (κ3) is 9.41. The zero-order valence-electron chi connectivity index (χ0n) is 9.79. The monoisotopic (exact) mass is 215 g/mol. The number of carbonyl (C=O) groups is 2. The van der Waals surface area contributed by atoms with Crippen molar-refractivity contribution in [1.29, 1.82) is 0 Å². The number of ketones is 1. The molecule has 0 radical (unpaired) electrons. The second kappa shape index (κ2) is 6.56. The molecule has 0 spiro atoms. The van der Waals surface area contributed by atoms with Gasteiger partial charge < -0.3 is 10.5 Å². The Morgan fingerprint density at radius 2 is 1.80 bits per heavy atom. The quantitative estimate of drug-likeness (QED) is 0.671. The fraction of sp³-hybridized carbons (Fsp3) is 0.818. The standard InChI is InChI=1S/C6H11NO.C5H10O2/c7-5-1-3-6(8)4-2-5;1-5(2,3)7-4-6/h5H,1-4,7H2;4H,1-3H3. The highest BCUT2D eigenvalue weighted by molar-refractivity contribution is 5.79. The molecule has 0 unspecified atom stereocenters. The Morgan fingerprint density at radius 3 is 2.00 bits per heavy atom. The third-order valence-corrected chi connectivity index (χ3v) is 1.99. The largest absolute Gasteiger partial charge is 0.462 e. The molecule has 0 atom stereocenters. The van der Waals surface area contributed by atoms with Gasteiger partial charge >= 0.3 is 0 Å². The van der Waals surface area contributed by atoms with Gasteiger partial charge in [-0.2, -0.15) is 0 Å². The van der Waals surface area contributed by atoms with Gasteiger partial charge in [-0.25, -0.2) is 0 Å². The summed E-state index contributed by atoms with van der Waals surface area (Å²) in [6.45, 7) is 5.92. The van der Waals surface area contributed by atoms with Crippen molar-refractivity contribution >= 4 is 12.3 Å². The third-order valence-electron chi connectivity index (χ3n) is 1.99. The van der Waals surface area contributed by atoms with E-state index in [1.807, 2.05) is 20.8 Å². The highest BCUT2D eigenvalue weighted by Crippen LogP contribution is 2.11. The molecule has 0 aromatic carbocycles. The molecule has 0 aliphatic heterocycles. The Morgan fingerprint density at radius 1 is 1.33 bits per heavy atom. The molecule has 0 aromatic heterocycles. The maximum atomic E-state index is 10.6. The number of hydrogen-bond donors (Lipinski definition) is 1. The van der Waals surface area contributed by atoms with Crippen molar-refractivity contribution in [3.63, 3.8) is 0 Å². The second-order valence-electron chi connectivity index (χ2n) is 4.70. The van der Waals surface area contributed by atoms with Crippen LogP contribution in [0.1, 0.15) is 46.5 Å². The van der Waals surface area contributed by atoms with E-state index < -0.39 is 0 Å². The van der Waals surface area contributed by atoms with Gasteiger partial charge in [0.15, 0.2) is 0 Å². The van der Waals surface area contributed by atoms with Crippen molar-refractivity contribution in [3.8, 4) is 0 Å². The molecular weight excluding hydrogens is 194 g/mol. The molecule has 0 bridgehead atoms. The number of Topliss-reactive ketones (excluding diaryl/α,β-unsaturated/α-hetero) is 1. The number of rotatable bonds is 1. The van der Waals surface area contributed by atoms with Gasteiger partial charge in [-0.15, -0.1) is 0 Å². The van der Waals surface area contributed by atoms with Gasteiger partial charge in [0.1, 0.15) is 11.4 Å². The lowest BCUT2D eigenvalue weighted by Gasteiger charge is -2.14. The van der Waals surface area contributed by atoms with Crippen molar-refractivity contribution in [3.05, 3.63) is 0 Å². The van der Waals surface area contributed by atoms with Crippen LogP contribution in [0.4, 0.5) is 0 Å². The Bertz CT molecular complexity index is 198. The zero-order chi connectivity index (χ0) is 11.9. The fourth-order valence-corrected chi connectivity index (χ4v) is 1.11. The first-order valence-corrected chi connectivity index (χ1v) is 5.24. The Kier molecular flexibility index (Phi) is 6.17. The Hall–Kier alpha value is -0.900. The normalized spacial score (nSPS) is 17.7. The summed E-state index contributed by atoms with van der Waals surface area (Å²) in [4.78, 5) is 20.2. The molecule has 0 aromatic rings. The molecule has 2 N–H and O–H groups in total. The fourth-order valence-electron chi connectivity index (χ4n) is 1.11. The highest BCUT2D eigenvalue weighted by atomic mass is 16.5. The van der Waals surface area contributed by atoms with E-state index in [-0.39, 0.29) is 5.60 Å². The molecule has 0 saturated heterocycles. The average molecular weight is 215 g/mol. The molecule has 1 rings (SSSR count). The Balaban J connectivity index is 0.000000265. The van der Waals surface area contributed by atoms with Crippen LogP contribution in [0.3, 0.4) is 0 Å². The van der Waals surface area contributed by atoms with E-state index in [0.717, 1.165) is 12.8 Å². The summed E-state index contributed by atoms with van der Waals surface area (Å²) in [5.74, 6) is 0.381. The van der Waals surface area contributed by atoms with Gasteiger partial charge in [-0.05, 0) is 33.6 Å². The van der Waals surface area contributed by atoms with E-state index in [4.69, 9.17) is 5.73 Å². The molecule has 1 aliphatic carbocycles. The lowest BCUT2D eigenvalue weighted by atomic mass is 9.95. The molecule has 4 heteroatoms. The number of ether oxygens (including phenoxy) is 1. The SMILES string of the molecule is CC(C)(C)OC=O.NC1CCC(=O)CC1. The first-order chi connectivity index (χ1) is 6.85. The van der Waals surface area contributed by atoms with Crippen molar-refractivity contribution in [1.82, 2.24) is 0 Å². The highest BCUT2D eigenvalue weighted by Gasteiger charge is 2.13. The molecule has 15 heavy (non-hydrogen) atoms. The first kappa shape index (κ1) is 14.1. The van der Waals surface area contributed by atoms with Crippen LogP contribution in [0.15, 0.2) is 0 Å². The topological polar surface area (TPSA) is 69.4 Å². The van der Waals surface area contributed by atoms with E-state index in [9.17, 15) is 9.59 Å². The summed E-state index contributed by atoms with van der Waals surface area (Å²) >= 11 is 0. The number of carbonyl (C=O) groups excluding carboxylic acids is 2. The molecule has 88 valence electrons. The molecule has 1 aliphatic rings. The number of nitrogens with two attached hydrogens (primary N) is 1. The maximum absolute atomic E-state index is 10.6. The minimum Gasteiger partial charge on any atom is -0.462 e. The smallest absolute Gasteiger partial charge is 0.293 e. The first-order valence-electron chi connectivity index (χ1n) is 5.24. The van der Waals surface area contributed by atoms with Crippen LogP contribution >= 0.6 is 0 Å². The van der Waals surface area contributed by atoms with E-state index in [1.54, 1.807) is 0 Å². The summed E-state index contributed by atoms with van der Waals surface area (Å²) in [6.07, 6.45) is 3.22. The molecule has 1 saturated carbocycles. The predicted molar refractivity (Wildman–Crippen MR) is 58.4 cm³/mol. The van der Waals surface area contributed by atoms with Crippen LogP contribution in [0, 0.1) is 0 Å². The van der Waals surface area contributed by atoms with Crippen molar-refractivity contribution < 1.29 is 14.3 Å². The van der Waals surface area contributed by atoms with Crippen LogP contribution in [0.5, 0.6) is 0 Å². The van der Waals surface area contributed by atoms with Crippen LogP contribution < -0.4 is 5.73 Å². The van der Waals surface area contributed by atoms with Crippen molar-refractivity contribution in [2.24, 2.45) is 5.73 Å². The summed E-state index contributed by atoms with van der Waals surface area (Å²) in [5, 5.41) is 0. The minimum atomic E-state index is -0.318. The van der Waals surface area contributed by atoms with Gasteiger partial charge in [-0.1, -0.05) is 0 Å². The van der Waals surface area contributed by atoms with Gasteiger partial charge in [-0.3, -0.25) is 9.59 Å². The molecular formula is C11H21NO3. The molecule has 1 fully saturated rings. The van der Waals surface area contributed by atoms with E-state index >= 15 is 0 Å². The Labute approximate surface area is 91.2 Å². The maximum Gasteiger partial charge on any atom is 0.293 e. The van der Waals surface area contributed by atoms with Gasteiger partial charge in [0.25, 0.3) is 6.47 Å². The summed E-state index contributed by atoms with van der Waals surface area (Å²) < 4.78 is 4.55. The van der Waals surface area contributed by atoms with Gasteiger partial charge in [0, 0.05) is 18.9 Å². The van der Waals surface area contributed by atoms with Gasteiger partial charge in [0.2, 0.25) is 0 Å². The van der Waals surface area contributed by atoms with Crippen LogP contribution in [-0.2, 0) is 14.3 Å². The van der Waals surface area contributed by atoms with Gasteiger partial charge in [0.05, 0.1) is 0 Å². The summed E-state index contributed by atoms with van der Waals surface area (Å²) in [7, 11) is 0. The average Bonchev–Trinajstić information content (AvgIpc) is 2.09. The van der Waals surface area contributed by atoms with E-state index in [1.165, 1.54) is 0 Å². The van der Waals surface area contributed by atoms with Crippen LogP contribution in [-0.4, -0.2) is 23.9 Å². The molecule has 0 heterocycles. The number of hydrogen-bond acceptors (Lipinski definition) is 4. The van der Waals surface area contributed by atoms with Crippen molar-refractivity contribution in [2.45, 2.75) is 58.1 Å². The predicted octanol–water partition coefficient (Wildman–Crippen LogP) is 1.41. The minimum absolute atomic E-state index is 0.299. The molecule has 0 amide bonds. The zero-order valence-corrected chi connectivity index (χ0v) is 9.79. The second-order valence-corrected chi connectivity index (χ2v) is 4.70. The lowest BCUT2D eigenvalue weighted by Crippen LogP contribution is -2.26. The summed E-state index contributed by atoms with van der Waals surface area (Å²) in [5.41, 5.74) is 5.23. The lowest BCUT2D eigenvalue weighted by molar-refractivity contribution is -0.138. The van der Waals surface area contributed by atoms with Crippen LogP contribution in [0.25, 0.3) is 0 Å².